The van der Waals surface area contributed by atoms with Crippen molar-refractivity contribution in [1.29, 1.82) is 0 Å². The molecule has 3 rings (SSSR count). The van der Waals surface area contributed by atoms with Gasteiger partial charge in [0.25, 0.3) is 0 Å². The highest BCUT2D eigenvalue weighted by atomic mass is 35.5. The molecule has 0 N–H and O–H groups in total. The SMILES string of the molecule is O=C1CC(c2ccc(Cl)cc2)N(Cc2ccccc2)O1. The summed E-state index contributed by atoms with van der Waals surface area (Å²) in [5, 5.41) is 2.43. The average Bonchev–Trinajstić information content (AvgIpc) is 2.81. The van der Waals surface area contributed by atoms with Crippen molar-refractivity contribution in [3.05, 3.63) is 70.7 Å². The number of carbonyl (C=O) groups excluding carboxylic acids is 1. The molecule has 1 saturated heterocycles. The van der Waals surface area contributed by atoms with Gasteiger partial charge in [-0.1, -0.05) is 54.1 Å². The highest BCUT2D eigenvalue weighted by molar-refractivity contribution is 6.30. The van der Waals surface area contributed by atoms with Gasteiger partial charge >= 0.3 is 5.97 Å². The first-order valence-electron chi connectivity index (χ1n) is 6.49. The summed E-state index contributed by atoms with van der Waals surface area (Å²) in [6.45, 7) is 0.583. The van der Waals surface area contributed by atoms with Crippen LogP contribution < -0.4 is 0 Å². The number of nitrogens with zero attached hydrogens (tertiary/aromatic N) is 1. The van der Waals surface area contributed by atoms with Gasteiger partial charge in [-0.3, -0.25) is 4.79 Å². The topological polar surface area (TPSA) is 29.5 Å². The standard InChI is InChI=1S/C16H14ClNO2/c17-14-8-6-13(7-9-14)15-10-16(19)20-18(15)11-12-4-2-1-3-5-12/h1-9,15H,10-11H2. The summed E-state index contributed by atoms with van der Waals surface area (Å²) in [6, 6.07) is 17.4. The predicted molar refractivity (Wildman–Crippen MR) is 76.9 cm³/mol. The molecule has 0 aliphatic carbocycles. The van der Waals surface area contributed by atoms with Gasteiger partial charge in [-0.25, -0.2) is 0 Å². The Kier molecular flexibility index (Phi) is 3.72. The summed E-state index contributed by atoms with van der Waals surface area (Å²) in [5.41, 5.74) is 2.15. The predicted octanol–water partition coefficient (Wildman–Crippen LogP) is 3.75. The normalized spacial score (nSPS) is 19.1. The van der Waals surface area contributed by atoms with Gasteiger partial charge < -0.3 is 4.84 Å². The number of halogens is 1. The molecule has 3 nitrogen and oxygen atoms in total. The van der Waals surface area contributed by atoms with Gasteiger partial charge in [0.15, 0.2) is 0 Å². The van der Waals surface area contributed by atoms with Gasteiger partial charge in [-0.2, -0.15) is 0 Å². The van der Waals surface area contributed by atoms with Gasteiger partial charge in [0.05, 0.1) is 19.0 Å². The second-order valence-corrected chi connectivity index (χ2v) is 5.23. The van der Waals surface area contributed by atoms with Crippen molar-refractivity contribution in [3.63, 3.8) is 0 Å². The Morgan fingerprint density at radius 3 is 2.50 bits per heavy atom. The van der Waals surface area contributed by atoms with Gasteiger partial charge in [0, 0.05) is 5.02 Å². The van der Waals surface area contributed by atoms with Crippen molar-refractivity contribution < 1.29 is 9.63 Å². The zero-order valence-corrected chi connectivity index (χ0v) is 11.6. The lowest BCUT2D eigenvalue weighted by molar-refractivity contribution is -0.178. The molecule has 0 saturated carbocycles. The van der Waals surface area contributed by atoms with Crippen molar-refractivity contribution in [3.8, 4) is 0 Å². The van der Waals surface area contributed by atoms with E-state index in [0.29, 0.717) is 18.0 Å². The molecule has 102 valence electrons. The summed E-state index contributed by atoms with van der Waals surface area (Å²) in [5.74, 6) is -0.194. The maximum Gasteiger partial charge on any atom is 0.327 e. The summed E-state index contributed by atoms with van der Waals surface area (Å²) in [4.78, 5) is 16.9. The Bertz CT molecular complexity index is 598. The zero-order valence-electron chi connectivity index (χ0n) is 10.8. The largest absolute Gasteiger partial charge is 0.367 e. The number of benzene rings is 2. The van der Waals surface area contributed by atoms with Crippen LogP contribution in [-0.4, -0.2) is 11.0 Å². The van der Waals surface area contributed by atoms with Crippen LogP contribution in [0.3, 0.4) is 0 Å². The van der Waals surface area contributed by atoms with Gasteiger partial charge in [-0.15, -0.1) is 5.06 Å². The van der Waals surface area contributed by atoms with E-state index >= 15 is 0 Å². The monoisotopic (exact) mass is 287 g/mol. The lowest BCUT2D eigenvalue weighted by Crippen LogP contribution is -2.21. The highest BCUT2D eigenvalue weighted by Gasteiger charge is 2.33. The minimum atomic E-state index is -0.194. The van der Waals surface area contributed by atoms with Crippen molar-refractivity contribution in [2.75, 3.05) is 0 Å². The Labute approximate surface area is 122 Å². The number of hydrogen-bond acceptors (Lipinski definition) is 3. The van der Waals surface area contributed by atoms with Crippen molar-refractivity contribution in [2.24, 2.45) is 0 Å². The van der Waals surface area contributed by atoms with Gasteiger partial charge in [0.1, 0.15) is 0 Å². The average molecular weight is 288 g/mol. The summed E-state index contributed by atoms with van der Waals surface area (Å²) in [6.07, 6.45) is 0.370. The Morgan fingerprint density at radius 2 is 1.80 bits per heavy atom. The zero-order chi connectivity index (χ0) is 13.9. The molecule has 0 bridgehead atoms. The van der Waals surface area contributed by atoms with Gasteiger partial charge in [-0.05, 0) is 23.3 Å². The van der Waals surface area contributed by atoms with E-state index < -0.39 is 0 Å². The molecule has 0 aromatic heterocycles. The molecule has 0 spiro atoms. The van der Waals surface area contributed by atoms with Crippen LogP contribution >= 0.6 is 11.6 Å². The van der Waals surface area contributed by atoms with Crippen molar-refractivity contribution in [2.45, 2.75) is 19.0 Å². The van der Waals surface area contributed by atoms with Gasteiger partial charge in [0.2, 0.25) is 0 Å². The third-order valence-corrected chi connectivity index (χ3v) is 3.61. The van der Waals surface area contributed by atoms with E-state index in [-0.39, 0.29) is 12.0 Å². The number of carbonyl (C=O) groups is 1. The minimum Gasteiger partial charge on any atom is -0.367 e. The van der Waals surface area contributed by atoms with E-state index in [0.717, 1.165) is 11.1 Å². The van der Waals surface area contributed by atoms with Crippen molar-refractivity contribution >= 4 is 17.6 Å². The molecule has 1 atom stereocenters. The molecular formula is C16H14ClNO2. The van der Waals surface area contributed by atoms with Crippen LogP contribution in [0.25, 0.3) is 0 Å². The molecule has 4 heteroatoms. The highest BCUT2D eigenvalue weighted by Crippen LogP contribution is 2.32. The van der Waals surface area contributed by atoms with E-state index in [2.05, 4.69) is 0 Å². The third kappa shape index (κ3) is 2.84. The van der Waals surface area contributed by atoms with E-state index in [9.17, 15) is 4.79 Å². The van der Waals surface area contributed by atoms with Crippen LogP contribution in [0.1, 0.15) is 23.6 Å². The fourth-order valence-corrected chi connectivity index (χ4v) is 2.49. The van der Waals surface area contributed by atoms with Crippen molar-refractivity contribution in [1.82, 2.24) is 5.06 Å². The number of hydroxylamine groups is 2. The molecule has 1 unspecified atom stereocenters. The quantitative estimate of drug-likeness (QED) is 0.861. The first kappa shape index (κ1) is 13.2. The molecule has 1 heterocycles. The fourth-order valence-electron chi connectivity index (χ4n) is 2.37. The number of hydrogen-bond donors (Lipinski definition) is 0. The van der Waals surface area contributed by atoms with E-state index in [1.807, 2.05) is 54.6 Å². The molecule has 1 aliphatic rings. The van der Waals surface area contributed by atoms with Crippen LogP contribution in [0.2, 0.25) is 5.02 Å². The Morgan fingerprint density at radius 1 is 1.10 bits per heavy atom. The Balaban J connectivity index is 1.81. The first-order chi connectivity index (χ1) is 9.72. The maximum atomic E-state index is 11.6. The first-order valence-corrected chi connectivity index (χ1v) is 6.87. The van der Waals surface area contributed by atoms with Crippen LogP contribution in [0, 0.1) is 0 Å². The van der Waals surface area contributed by atoms with Crippen LogP contribution in [0.5, 0.6) is 0 Å². The van der Waals surface area contributed by atoms with Crippen LogP contribution in [0.15, 0.2) is 54.6 Å². The maximum absolute atomic E-state index is 11.6. The summed E-state index contributed by atoms with van der Waals surface area (Å²) >= 11 is 5.90. The molecule has 0 amide bonds. The second kappa shape index (κ2) is 5.65. The van der Waals surface area contributed by atoms with E-state index in [4.69, 9.17) is 16.4 Å². The molecule has 1 fully saturated rings. The molecular weight excluding hydrogens is 274 g/mol. The smallest absolute Gasteiger partial charge is 0.327 e. The molecule has 1 aliphatic heterocycles. The molecule has 2 aromatic rings. The fraction of sp³-hybridized carbons (Fsp3) is 0.188. The third-order valence-electron chi connectivity index (χ3n) is 3.36. The number of rotatable bonds is 3. The van der Waals surface area contributed by atoms with E-state index in [1.54, 1.807) is 5.06 Å². The van der Waals surface area contributed by atoms with E-state index in [1.165, 1.54) is 0 Å². The molecule has 2 aromatic carbocycles. The second-order valence-electron chi connectivity index (χ2n) is 4.80. The Hall–Kier alpha value is -1.84. The molecule has 20 heavy (non-hydrogen) atoms. The lowest BCUT2D eigenvalue weighted by atomic mass is 10.0. The summed E-state index contributed by atoms with van der Waals surface area (Å²) < 4.78 is 0. The summed E-state index contributed by atoms with van der Waals surface area (Å²) in [7, 11) is 0. The minimum absolute atomic E-state index is 0.0556. The van der Waals surface area contributed by atoms with Crippen LogP contribution in [-0.2, 0) is 16.2 Å². The molecule has 0 radical (unpaired) electrons. The van der Waals surface area contributed by atoms with Crippen LogP contribution in [0.4, 0.5) is 0 Å². The lowest BCUT2D eigenvalue weighted by Gasteiger charge is -2.21.